The Hall–Kier alpha value is -3.08. The number of ether oxygens (including phenoxy) is 1. The predicted octanol–water partition coefficient (Wildman–Crippen LogP) is 4.60. The van der Waals surface area contributed by atoms with Gasteiger partial charge in [-0.2, -0.15) is 0 Å². The highest BCUT2D eigenvalue weighted by molar-refractivity contribution is 9.10. The molecule has 7 nitrogen and oxygen atoms in total. The normalized spacial score (nSPS) is 11.1. The van der Waals surface area contributed by atoms with Crippen molar-refractivity contribution < 1.29 is 17.9 Å². The number of rotatable bonds is 5. The van der Waals surface area contributed by atoms with E-state index in [2.05, 4.69) is 46.3 Å². The van der Waals surface area contributed by atoms with Crippen molar-refractivity contribution in [2.75, 3.05) is 16.4 Å². The number of aromatic nitrogens is 3. The van der Waals surface area contributed by atoms with Crippen LogP contribution in [-0.2, 0) is 0 Å². The van der Waals surface area contributed by atoms with Crippen LogP contribution in [0, 0.1) is 0 Å². The number of alkyl halides is 3. The second-order valence-corrected chi connectivity index (χ2v) is 6.08. The Bertz CT molecular complexity index is 919. The maximum absolute atomic E-state index is 12.2. The first-order valence-electron chi connectivity index (χ1n) is 7.42. The van der Waals surface area contributed by atoms with Gasteiger partial charge in [0.1, 0.15) is 23.6 Å². The number of halogens is 4. The lowest BCUT2D eigenvalue weighted by molar-refractivity contribution is -0.274. The lowest BCUT2D eigenvalue weighted by Gasteiger charge is -2.13. The van der Waals surface area contributed by atoms with Crippen LogP contribution in [0.4, 0.5) is 42.0 Å². The van der Waals surface area contributed by atoms with E-state index in [9.17, 15) is 13.2 Å². The lowest BCUT2D eigenvalue weighted by Crippen LogP contribution is -2.17. The smallest absolute Gasteiger partial charge is 0.406 e. The number of nitrogens with zero attached hydrogens (tertiary/aromatic N) is 3. The third kappa shape index (κ3) is 5.20. The van der Waals surface area contributed by atoms with Crippen LogP contribution in [0.1, 0.15) is 0 Å². The molecule has 0 aliphatic rings. The van der Waals surface area contributed by atoms with Crippen LogP contribution >= 0.6 is 15.9 Å². The highest BCUT2D eigenvalue weighted by atomic mass is 79.9. The molecule has 0 atom stereocenters. The van der Waals surface area contributed by atoms with Gasteiger partial charge in [0.25, 0.3) is 0 Å². The van der Waals surface area contributed by atoms with Crippen molar-refractivity contribution in [1.82, 2.24) is 15.0 Å². The first kappa shape index (κ1) is 18.7. The van der Waals surface area contributed by atoms with Gasteiger partial charge in [0.2, 0.25) is 0 Å². The Morgan fingerprint density at radius 3 is 2.19 bits per heavy atom. The second kappa shape index (κ2) is 7.66. The van der Waals surface area contributed by atoms with E-state index in [1.165, 1.54) is 30.6 Å². The summed E-state index contributed by atoms with van der Waals surface area (Å²) in [5.74, 6) is 0.823. The summed E-state index contributed by atoms with van der Waals surface area (Å²) in [6, 6.07) is 8.71. The highest BCUT2D eigenvalue weighted by Gasteiger charge is 2.30. The zero-order valence-electron chi connectivity index (χ0n) is 13.5. The zero-order valence-corrected chi connectivity index (χ0v) is 15.0. The molecule has 11 heteroatoms. The maximum atomic E-state index is 12.2. The fourth-order valence-corrected chi connectivity index (χ4v) is 2.28. The van der Waals surface area contributed by atoms with Gasteiger partial charge in [0.15, 0.2) is 11.6 Å². The zero-order chi connectivity index (χ0) is 19.4. The van der Waals surface area contributed by atoms with Gasteiger partial charge in [-0.25, -0.2) is 15.0 Å². The Kier molecular flexibility index (Phi) is 5.31. The van der Waals surface area contributed by atoms with Gasteiger partial charge < -0.3 is 21.1 Å². The number of hydrogen-bond donors (Lipinski definition) is 3. The van der Waals surface area contributed by atoms with E-state index >= 15 is 0 Å². The molecule has 0 spiro atoms. The molecule has 0 unspecified atom stereocenters. The SMILES string of the molecule is Nc1c(Nc2ccc(OC(F)(F)F)cc2)ncnc1Nc1ccc(Br)cn1. The number of nitrogens with two attached hydrogens (primary N) is 1. The fraction of sp³-hybridized carbons (Fsp3) is 0.0625. The monoisotopic (exact) mass is 440 g/mol. The van der Waals surface area contributed by atoms with Gasteiger partial charge >= 0.3 is 6.36 Å². The third-order valence-corrected chi connectivity index (χ3v) is 3.68. The predicted molar refractivity (Wildman–Crippen MR) is 98.1 cm³/mol. The first-order chi connectivity index (χ1) is 12.8. The van der Waals surface area contributed by atoms with Crippen molar-refractivity contribution >= 4 is 44.8 Å². The molecular weight excluding hydrogens is 429 g/mol. The van der Waals surface area contributed by atoms with Crippen LogP contribution in [0.15, 0.2) is 53.4 Å². The van der Waals surface area contributed by atoms with Crippen LogP contribution in [0.2, 0.25) is 0 Å². The van der Waals surface area contributed by atoms with E-state index < -0.39 is 6.36 Å². The Labute approximate surface area is 159 Å². The van der Waals surface area contributed by atoms with Crippen LogP contribution in [0.3, 0.4) is 0 Å². The summed E-state index contributed by atoms with van der Waals surface area (Å²) in [5.41, 5.74) is 6.76. The molecule has 140 valence electrons. The number of hydrogen-bond acceptors (Lipinski definition) is 7. The fourth-order valence-electron chi connectivity index (χ4n) is 2.04. The summed E-state index contributed by atoms with van der Waals surface area (Å²) in [7, 11) is 0. The van der Waals surface area contributed by atoms with E-state index in [0.29, 0.717) is 17.3 Å². The van der Waals surface area contributed by atoms with Crippen LogP contribution in [-0.4, -0.2) is 21.3 Å². The molecule has 0 aliphatic carbocycles. The van der Waals surface area contributed by atoms with Gasteiger partial charge in [-0.3, -0.25) is 0 Å². The van der Waals surface area contributed by atoms with E-state index in [1.54, 1.807) is 18.3 Å². The van der Waals surface area contributed by atoms with Crippen molar-refractivity contribution in [3.05, 3.63) is 53.4 Å². The molecule has 2 heterocycles. The number of anilines is 5. The quantitative estimate of drug-likeness (QED) is 0.532. The van der Waals surface area contributed by atoms with Gasteiger partial charge in [-0.15, -0.1) is 13.2 Å². The van der Waals surface area contributed by atoms with Crippen LogP contribution in [0.5, 0.6) is 5.75 Å². The van der Waals surface area contributed by atoms with Crippen molar-refractivity contribution in [3.63, 3.8) is 0 Å². The molecule has 4 N–H and O–H groups in total. The molecule has 0 amide bonds. The minimum atomic E-state index is -4.74. The molecule has 0 aliphatic heterocycles. The molecule has 0 saturated carbocycles. The number of nitrogens with one attached hydrogen (secondary N) is 2. The summed E-state index contributed by atoms with van der Waals surface area (Å²) in [4.78, 5) is 12.3. The Morgan fingerprint density at radius 2 is 1.59 bits per heavy atom. The molecule has 3 rings (SSSR count). The van der Waals surface area contributed by atoms with Crippen LogP contribution in [0.25, 0.3) is 0 Å². The average molecular weight is 441 g/mol. The highest BCUT2D eigenvalue weighted by Crippen LogP contribution is 2.29. The minimum Gasteiger partial charge on any atom is -0.406 e. The number of benzene rings is 1. The summed E-state index contributed by atoms with van der Waals surface area (Å²) >= 11 is 3.29. The van der Waals surface area contributed by atoms with E-state index in [0.717, 1.165) is 4.47 Å². The first-order valence-corrected chi connectivity index (χ1v) is 8.21. The maximum Gasteiger partial charge on any atom is 0.573 e. The molecule has 0 bridgehead atoms. The van der Waals surface area contributed by atoms with Crippen molar-refractivity contribution in [3.8, 4) is 5.75 Å². The largest absolute Gasteiger partial charge is 0.573 e. The summed E-state index contributed by atoms with van der Waals surface area (Å²) in [6.45, 7) is 0. The van der Waals surface area contributed by atoms with Crippen molar-refractivity contribution in [2.24, 2.45) is 0 Å². The van der Waals surface area contributed by atoms with E-state index in [4.69, 9.17) is 5.73 Å². The summed E-state index contributed by atoms with van der Waals surface area (Å²) in [6.07, 6.45) is -1.84. The van der Waals surface area contributed by atoms with E-state index in [-0.39, 0.29) is 17.3 Å². The molecule has 3 aromatic rings. The summed E-state index contributed by atoms with van der Waals surface area (Å²) < 4.78 is 41.3. The minimum absolute atomic E-state index is 0.220. The van der Waals surface area contributed by atoms with Gasteiger partial charge in [0.05, 0.1) is 0 Å². The molecule has 0 radical (unpaired) electrons. The van der Waals surface area contributed by atoms with Crippen LogP contribution < -0.4 is 21.1 Å². The number of pyridine rings is 1. The van der Waals surface area contributed by atoms with Gasteiger partial charge in [-0.05, 0) is 52.3 Å². The summed E-state index contributed by atoms with van der Waals surface area (Å²) in [5, 5.41) is 5.88. The average Bonchev–Trinajstić information content (AvgIpc) is 2.61. The van der Waals surface area contributed by atoms with E-state index in [1.807, 2.05) is 0 Å². The molecule has 0 fully saturated rings. The van der Waals surface area contributed by atoms with Crippen molar-refractivity contribution in [1.29, 1.82) is 0 Å². The molecule has 2 aromatic heterocycles. The topological polar surface area (TPSA) is 98.0 Å². The third-order valence-electron chi connectivity index (χ3n) is 3.21. The molecule has 27 heavy (non-hydrogen) atoms. The molecule has 0 saturated heterocycles. The molecular formula is C16H12BrF3N6O. The van der Waals surface area contributed by atoms with Crippen molar-refractivity contribution in [2.45, 2.75) is 6.36 Å². The molecule has 1 aromatic carbocycles. The second-order valence-electron chi connectivity index (χ2n) is 5.17. The van der Waals surface area contributed by atoms with Gasteiger partial charge in [0, 0.05) is 16.4 Å². The standard InChI is InChI=1S/C16H12BrF3N6O/c17-9-1-6-12(22-7-9)26-15-13(21)14(23-8-24-15)25-10-2-4-11(5-3-10)27-16(18,19)20/h1-8H,21H2,(H2,22,23,24,25,26). The number of nitrogen functional groups attached to an aromatic ring is 1. The Balaban J connectivity index is 1.74. The Morgan fingerprint density at radius 1 is 0.926 bits per heavy atom. The van der Waals surface area contributed by atoms with Gasteiger partial charge in [-0.1, -0.05) is 0 Å². The lowest BCUT2D eigenvalue weighted by atomic mass is 10.3.